The highest BCUT2D eigenvalue weighted by Crippen LogP contribution is 2.32. The molecule has 0 unspecified atom stereocenters. The Labute approximate surface area is 131 Å². The summed E-state index contributed by atoms with van der Waals surface area (Å²) in [6, 6.07) is 3.63. The van der Waals surface area contributed by atoms with Crippen molar-refractivity contribution in [1.82, 2.24) is 15.2 Å². The Hall–Kier alpha value is -1.91. The molecule has 2 heterocycles. The summed E-state index contributed by atoms with van der Waals surface area (Å²) >= 11 is 0. The van der Waals surface area contributed by atoms with E-state index >= 15 is 0 Å². The minimum Gasteiger partial charge on any atom is -0.352 e. The second-order valence-electron chi connectivity index (χ2n) is 6.47. The van der Waals surface area contributed by atoms with Crippen LogP contribution in [-0.2, 0) is 4.79 Å². The zero-order chi connectivity index (χ0) is 15.5. The molecule has 1 saturated heterocycles. The van der Waals surface area contributed by atoms with Crippen molar-refractivity contribution in [1.29, 1.82) is 0 Å². The van der Waals surface area contributed by atoms with E-state index in [2.05, 4.69) is 10.3 Å². The number of aromatic nitrogens is 1. The van der Waals surface area contributed by atoms with Crippen LogP contribution in [0.5, 0.6) is 0 Å². The van der Waals surface area contributed by atoms with Gasteiger partial charge in [-0.25, -0.2) is 0 Å². The Bertz CT molecular complexity index is 552. The fourth-order valence-electron chi connectivity index (χ4n) is 2.96. The second kappa shape index (κ2) is 6.46. The molecule has 5 heteroatoms. The van der Waals surface area contributed by atoms with Crippen LogP contribution >= 0.6 is 0 Å². The van der Waals surface area contributed by atoms with Crippen LogP contribution in [0, 0.1) is 18.8 Å². The van der Waals surface area contributed by atoms with Crippen molar-refractivity contribution in [2.24, 2.45) is 11.8 Å². The number of hydrogen-bond acceptors (Lipinski definition) is 3. The van der Waals surface area contributed by atoms with Gasteiger partial charge in [-0.05, 0) is 50.7 Å². The molecule has 2 amide bonds. The smallest absolute Gasteiger partial charge is 0.252 e. The van der Waals surface area contributed by atoms with Crippen LogP contribution < -0.4 is 5.32 Å². The topological polar surface area (TPSA) is 62.3 Å². The van der Waals surface area contributed by atoms with Crippen LogP contribution in [0.1, 0.15) is 41.7 Å². The zero-order valence-electron chi connectivity index (χ0n) is 13.0. The number of carbonyl (C=O) groups is 2. The third-order valence-electron chi connectivity index (χ3n) is 4.48. The van der Waals surface area contributed by atoms with Crippen molar-refractivity contribution in [2.45, 2.75) is 32.6 Å². The number of carbonyl (C=O) groups excluding carboxylic acids is 2. The fraction of sp³-hybridized carbons (Fsp3) is 0.588. The average Bonchev–Trinajstić information content (AvgIpc) is 3.38. The first kappa shape index (κ1) is 15.0. The van der Waals surface area contributed by atoms with Crippen LogP contribution in [0.4, 0.5) is 0 Å². The van der Waals surface area contributed by atoms with Crippen molar-refractivity contribution in [3.05, 3.63) is 29.6 Å². The Balaban J connectivity index is 1.49. The van der Waals surface area contributed by atoms with Crippen LogP contribution in [0.15, 0.2) is 18.3 Å². The number of aryl methyl sites for hydroxylation is 1. The van der Waals surface area contributed by atoms with Crippen molar-refractivity contribution in [3.63, 3.8) is 0 Å². The minimum absolute atomic E-state index is 0.0851. The molecule has 5 nitrogen and oxygen atoms in total. The highest BCUT2D eigenvalue weighted by atomic mass is 16.2. The van der Waals surface area contributed by atoms with Crippen LogP contribution in [0.3, 0.4) is 0 Å². The number of likely N-dealkylation sites (tertiary alicyclic amines) is 1. The summed E-state index contributed by atoms with van der Waals surface area (Å²) < 4.78 is 0. The maximum atomic E-state index is 12.1. The lowest BCUT2D eigenvalue weighted by Crippen LogP contribution is -2.44. The van der Waals surface area contributed by atoms with E-state index in [9.17, 15) is 9.59 Å². The number of amides is 2. The molecular formula is C17H23N3O2. The van der Waals surface area contributed by atoms with Gasteiger partial charge in [0, 0.05) is 37.4 Å². The molecular weight excluding hydrogens is 278 g/mol. The molecule has 2 fully saturated rings. The molecule has 1 aliphatic carbocycles. The lowest BCUT2D eigenvalue weighted by Gasteiger charge is -2.33. The van der Waals surface area contributed by atoms with Crippen LogP contribution in [0.25, 0.3) is 0 Å². The molecule has 1 N–H and O–H groups in total. The van der Waals surface area contributed by atoms with Gasteiger partial charge in [0.15, 0.2) is 0 Å². The first-order chi connectivity index (χ1) is 10.6. The zero-order valence-corrected chi connectivity index (χ0v) is 13.0. The van der Waals surface area contributed by atoms with E-state index in [1.54, 1.807) is 12.3 Å². The highest BCUT2D eigenvalue weighted by molar-refractivity contribution is 5.93. The summed E-state index contributed by atoms with van der Waals surface area (Å²) in [4.78, 5) is 30.4. The van der Waals surface area contributed by atoms with Crippen molar-refractivity contribution in [3.8, 4) is 0 Å². The Kier molecular flexibility index (Phi) is 4.41. The van der Waals surface area contributed by atoms with Gasteiger partial charge in [-0.15, -0.1) is 0 Å². The molecule has 1 atom stereocenters. The molecule has 118 valence electrons. The van der Waals surface area contributed by atoms with Gasteiger partial charge in [-0.1, -0.05) is 0 Å². The molecule has 0 aromatic carbocycles. The molecule has 22 heavy (non-hydrogen) atoms. The fourth-order valence-corrected chi connectivity index (χ4v) is 2.96. The Morgan fingerprint density at radius 1 is 1.32 bits per heavy atom. The number of piperidine rings is 1. The standard InChI is InChI=1S/C17H23N3O2/c1-12-4-5-15(10-18-12)16(21)19-9-13-3-2-8-20(11-13)17(22)14-6-7-14/h4-5,10,13-14H,2-3,6-9,11H2,1H3,(H,19,21)/t13-/m1/s1. The maximum absolute atomic E-state index is 12.1. The van der Waals surface area contributed by atoms with Crippen molar-refractivity contribution >= 4 is 11.8 Å². The van der Waals surface area contributed by atoms with Gasteiger partial charge in [0.05, 0.1) is 5.56 Å². The molecule has 0 bridgehead atoms. The van der Waals surface area contributed by atoms with E-state index in [-0.39, 0.29) is 11.8 Å². The maximum Gasteiger partial charge on any atom is 0.252 e. The van der Waals surface area contributed by atoms with Gasteiger partial charge in [0.25, 0.3) is 5.91 Å². The third kappa shape index (κ3) is 3.64. The number of rotatable bonds is 4. The van der Waals surface area contributed by atoms with Crippen LogP contribution in [0.2, 0.25) is 0 Å². The van der Waals surface area contributed by atoms with Crippen molar-refractivity contribution < 1.29 is 9.59 Å². The van der Waals surface area contributed by atoms with Gasteiger partial charge in [0.2, 0.25) is 5.91 Å². The molecule has 1 aromatic heterocycles. The SMILES string of the molecule is Cc1ccc(C(=O)NC[C@H]2CCCN(C(=O)C3CC3)C2)cn1. The van der Waals surface area contributed by atoms with Gasteiger partial charge in [0.1, 0.15) is 0 Å². The molecule has 1 aromatic rings. The predicted octanol–water partition coefficient (Wildman–Crippen LogP) is 1.77. The summed E-state index contributed by atoms with van der Waals surface area (Å²) in [5, 5.41) is 2.98. The Morgan fingerprint density at radius 3 is 2.82 bits per heavy atom. The monoisotopic (exact) mass is 301 g/mol. The molecule has 0 radical (unpaired) electrons. The van der Waals surface area contributed by atoms with E-state index in [4.69, 9.17) is 0 Å². The summed E-state index contributed by atoms with van der Waals surface area (Å²) in [5.41, 5.74) is 1.49. The highest BCUT2D eigenvalue weighted by Gasteiger charge is 2.35. The van der Waals surface area contributed by atoms with E-state index in [1.807, 2.05) is 17.9 Å². The van der Waals surface area contributed by atoms with Gasteiger partial charge < -0.3 is 10.2 Å². The summed E-state index contributed by atoms with van der Waals surface area (Å²) in [6.45, 7) is 4.18. The molecule has 1 aliphatic heterocycles. The predicted molar refractivity (Wildman–Crippen MR) is 83.3 cm³/mol. The molecule has 1 saturated carbocycles. The Morgan fingerprint density at radius 2 is 2.14 bits per heavy atom. The largest absolute Gasteiger partial charge is 0.352 e. The molecule has 2 aliphatic rings. The van der Waals surface area contributed by atoms with Crippen molar-refractivity contribution in [2.75, 3.05) is 19.6 Å². The number of nitrogens with one attached hydrogen (secondary N) is 1. The first-order valence-electron chi connectivity index (χ1n) is 8.13. The van der Waals surface area contributed by atoms with E-state index in [1.165, 1.54) is 0 Å². The lowest BCUT2D eigenvalue weighted by molar-refractivity contribution is -0.134. The summed E-state index contributed by atoms with van der Waals surface area (Å²) in [5.74, 6) is 0.877. The number of hydrogen-bond donors (Lipinski definition) is 1. The van der Waals surface area contributed by atoms with Crippen LogP contribution in [-0.4, -0.2) is 41.3 Å². The molecule has 3 rings (SSSR count). The van der Waals surface area contributed by atoms with Gasteiger partial charge in [-0.3, -0.25) is 14.6 Å². The summed E-state index contributed by atoms with van der Waals surface area (Å²) in [7, 11) is 0. The van der Waals surface area contributed by atoms with E-state index in [0.717, 1.165) is 44.5 Å². The van der Waals surface area contributed by atoms with E-state index < -0.39 is 0 Å². The average molecular weight is 301 g/mol. The minimum atomic E-state index is -0.0851. The van der Waals surface area contributed by atoms with Gasteiger partial charge in [-0.2, -0.15) is 0 Å². The first-order valence-corrected chi connectivity index (χ1v) is 8.13. The molecule has 0 spiro atoms. The van der Waals surface area contributed by atoms with E-state index in [0.29, 0.717) is 23.9 Å². The second-order valence-corrected chi connectivity index (χ2v) is 6.47. The third-order valence-corrected chi connectivity index (χ3v) is 4.48. The number of pyridine rings is 1. The number of nitrogens with zero attached hydrogens (tertiary/aromatic N) is 2. The lowest BCUT2D eigenvalue weighted by atomic mass is 9.97. The summed E-state index contributed by atoms with van der Waals surface area (Å²) in [6.07, 6.45) is 5.81. The van der Waals surface area contributed by atoms with Gasteiger partial charge >= 0.3 is 0 Å². The normalized spacial score (nSPS) is 21.5. The quantitative estimate of drug-likeness (QED) is 0.922.